The van der Waals surface area contributed by atoms with Gasteiger partial charge in [-0.25, -0.2) is 0 Å². The minimum atomic E-state index is -2.09. The molecule has 7 unspecified atom stereocenters. The molecule has 11 nitrogen and oxygen atoms in total. The predicted molar refractivity (Wildman–Crippen MR) is 171 cm³/mol. The minimum absolute atomic E-state index is 0.190. The van der Waals surface area contributed by atoms with Crippen LogP contribution in [0.5, 0.6) is 23.0 Å². The zero-order chi connectivity index (χ0) is 33.7. The number of hydrogen-bond donors (Lipinski definition) is 4. The molecule has 3 aromatic rings. The molecule has 1 aliphatic carbocycles. The standard InChI is InChI=1S/C36H42N2O9/c1-6-34(2,42)33(41)37-27-13-10-18-38(27)31(39)30-28(21-11-8-7-9-12-21)35(43)29-25(46-5)19-24(45-4)20-26(29)47-36(30,32(35)40)22-14-16-23(44-3)17-15-22/h7-9,11-12,14-17,19-20,27-28,30,32,40,42-43H,6,10,13,18H2,1-5H3,(H,37,41). The lowest BCUT2D eigenvalue weighted by atomic mass is 9.74. The summed E-state index contributed by atoms with van der Waals surface area (Å²) in [7, 11) is 4.49. The third-order valence-corrected chi connectivity index (χ3v) is 10.2. The van der Waals surface area contributed by atoms with Crippen molar-refractivity contribution in [2.45, 2.75) is 68.1 Å². The number of benzene rings is 3. The van der Waals surface area contributed by atoms with E-state index < -0.39 is 52.7 Å². The molecule has 7 atom stereocenters. The summed E-state index contributed by atoms with van der Waals surface area (Å²) in [5.74, 6) is -1.87. The van der Waals surface area contributed by atoms with Crippen molar-refractivity contribution in [1.29, 1.82) is 0 Å². The molecule has 11 heteroatoms. The molecule has 4 N–H and O–H groups in total. The minimum Gasteiger partial charge on any atom is -0.497 e. The van der Waals surface area contributed by atoms with Gasteiger partial charge in [0.2, 0.25) is 5.91 Å². The number of rotatable bonds is 9. The Bertz CT molecular complexity index is 1650. The number of hydrogen-bond acceptors (Lipinski definition) is 9. The van der Waals surface area contributed by atoms with Crippen LogP contribution in [0.4, 0.5) is 0 Å². The Labute approximate surface area is 274 Å². The average molecular weight is 647 g/mol. The first-order chi connectivity index (χ1) is 22.5. The fourth-order valence-corrected chi connectivity index (χ4v) is 7.59. The lowest BCUT2D eigenvalue weighted by Gasteiger charge is -2.45. The first-order valence-corrected chi connectivity index (χ1v) is 15.9. The van der Waals surface area contributed by atoms with Crippen LogP contribution in [0.3, 0.4) is 0 Å². The Morgan fingerprint density at radius 2 is 1.70 bits per heavy atom. The van der Waals surface area contributed by atoms with Crippen LogP contribution < -0.4 is 24.3 Å². The molecular formula is C36H42N2O9. The lowest BCUT2D eigenvalue weighted by Crippen LogP contribution is -2.59. The number of aliphatic hydroxyl groups is 3. The van der Waals surface area contributed by atoms with Gasteiger partial charge in [-0.05, 0) is 49.4 Å². The molecule has 3 aromatic carbocycles. The molecule has 1 saturated heterocycles. The smallest absolute Gasteiger partial charge is 0.253 e. The molecule has 0 aromatic heterocycles. The van der Waals surface area contributed by atoms with Crippen molar-refractivity contribution in [3.05, 3.63) is 83.4 Å². The fourth-order valence-electron chi connectivity index (χ4n) is 7.59. The van der Waals surface area contributed by atoms with Gasteiger partial charge in [-0.1, -0.05) is 49.4 Å². The monoisotopic (exact) mass is 646 g/mol. The second-order valence-corrected chi connectivity index (χ2v) is 12.7. The molecule has 2 bridgehead atoms. The van der Waals surface area contributed by atoms with Crippen molar-refractivity contribution in [2.75, 3.05) is 27.9 Å². The summed E-state index contributed by atoms with van der Waals surface area (Å²) in [5.41, 5.74) is -4.27. The molecule has 0 spiro atoms. The molecule has 47 heavy (non-hydrogen) atoms. The Hall–Kier alpha value is -4.32. The number of aliphatic hydroxyl groups excluding tert-OH is 1. The highest BCUT2D eigenvalue weighted by Crippen LogP contribution is 2.68. The second-order valence-electron chi connectivity index (χ2n) is 12.7. The number of carbonyl (C=O) groups excluding carboxylic acids is 2. The maximum Gasteiger partial charge on any atom is 0.253 e. The van der Waals surface area contributed by atoms with Crippen molar-refractivity contribution in [3.8, 4) is 23.0 Å². The highest BCUT2D eigenvalue weighted by atomic mass is 16.5. The Morgan fingerprint density at radius 3 is 2.32 bits per heavy atom. The van der Waals surface area contributed by atoms with Gasteiger partial charge in [-0.3, -0.25) is 9.59 Å². The SMILES string of the molecule is CCC(C)(O)C(=O)NC1CCCN1C(=O)C1C(c2ccccc2)C2(O)c3c(OC)cc(OC)cc3OC1(c1ccc(OC)cc1)C2O. The van der Waals surface area contributed by atoms with Crippen LogP contribution >= 0.6 is 0 Å². The van der Waals surface area contributed by atoms with E-state index in [1.54, 1.807) is 48.2 Å². The van der Waals surface area contributed by atoms with E-state index in [1.165, 1.54) is 28.3 Å². The number of fused-ring (bicyclic) bond motifs is 4. The maximum absolute atomic E-state index is 15.2. The summed E-state index contributed by atoms with van der Waals surface area (Å²) < 4.78 is 23.6. The van der Waals surface area contributed by atoms with E-state index in [9.17, 15) is 20.1 Å². The normalized spacial score (nSPS) is 28.9. The van der Waals surface area contributed by atoms with Gasteiger partial charge in [0.15, 0.2) is 5.60 Å². The van der Waals surface area contributed by atoms with Gasteiger partial charge in [-0.2, -0.15) is 0 Å². The van der Waals surface area contributed by atoms with Gasteiger partial charge in [0.05, 0.1) is 32.8 Å². The predicted octanol–water partition coefficient (Wildman–Crippen LogP) is 3.19. The van der Waals surface area contributed by atoms with Gasteiger partial charge in [0, 0.05) is 24.6 Å². The van der Waals surface area contributed by atoms with E-state index >= 15 is 4.79 Å². The van der Waals surface area contributed by atoms with E-state index in [-0.39, 0.29) is 23.5 Å². The molecule has 2 aliphatic heterocycles. The summed E-state index contributed by atoms with van der Waals surface area (Å²) in [6.07, 6.45) is -1.12. The molecule has 0 radical (unpaired) electrons. The Morgan fingerprint density at radius 1 is 1.02 bits per heavy atom. The van der Waals surface area contributed by atoms with Crippen molar-refractivity contribution in [1.82, 2.24) is 10.2 Å². The summed E-state index contributed by atoms with van der Waals surface area (Å²) in [6.45, 7) is 3.46. The van der Waals surface area contributed by atoms with Crippen LogP contribution in [-0.4, -0.2) is 77.8 Å². The highest BCUT2D eigenvalue weighted by Gasteiger charge is 2.76. The van der Waals surface area contributed by atoms with Gasteiger partial charge < -0.3 is 44.5 Å². The quantitative estimate of drug-likeness (QED) is 0.275. The molecule has 250 valence electrons. The van der Waals surface area contributed by atoms with E-state index in [2.05, 4.69) is 5.32 Å². The molecule has 2 heterocycles. The zero-order valence-electron chi connectivity index (χ0n) is 27.2. The van der Waals surface area contributed by atoms with Crippen molar-refractivity contribution in [3.63, 3.8) is 0 Å². The van der Waals surface area contributed by atoms with Crippen LogP contribution in [0.15, 0.2) is 66.7 Å². The number of ether oxygens (including phenoxy) is 4. The highest BCUT2D eigenvalue weighted by molar-refractivity contribution is 5.87. The molecule has 2 fully saturated rings. The number of carbonyl (C=O) groups is 2. The van der Waals surface area contributed by atoms with Gasteiger partial charge >= 0.3 is 0 Å². The summed E-state index contributed by atoms with van der Waals surface area (Å²) >= 11 is 0. The third kappa shape index (κ3) is 4.90. The van der Waals surface area contributed by atoms with Crippen molar-refractivity contribution in [2.24, 2.45) is 5.92 Å². The second kappa shape index (κ2) is 12.0. The molecule has 3 aliphatic rings. The van der Waals surface area contributed by atoms with Crippen LogP contribution in [0.2, 0.25) is 0 Å². The topological polar surface area (TPSA) is 147 Å². The molecule has 1 saturated carbocycles. The van der Waals surface area contributed by atoms with E-state index in [0.29, 0.717) is 42.0 Å². The van der Waals surface area contributed by atoms with Crippen LogP contribution in [0.1, 0.15) is 55.7 Å². The Balaban J connectivity index is 1.60. The number of nitrogens with one attached hydrogen (secondary N) is 1. The zero-order valence-corrected chi connectivity index (χ0v) is 27.2. The largest absolute Gasteiger partial charge is 0.497 e. The summed E-state index contributed by atoms with van der Waals surface area (Å²) in [4.78, 5) is 29.9. The number of likely N-dealkylation sites (tertiary alicyclic amines) is 1. The first kappa shape index (κ1) is 32.6. The van der Waals surface area contributed by atoms with Crippen molar-refractivity contribution < 1.29 is 43.9 Å². The van der Waals surface area contributed by atoms with Gasteiger partial charge in [0.1, 0.15) is 46.5 Å². The number of methoxy groups -OCH3 is 3. The average Bonchev–Trinajstić information content (AvgIpc) is 3.60. The van der Waals surface area contributed by atoms with E-state index in [1.807, 2.05) is 30.3 Å². The van der Waals surface area contributed by atoms with Gasteiger partial charge in [0.25, 0.3) is 5.91 Å². The van der Waals surface area contributed by atoms with Crippen LogP contribution in [-0.2, 0) is 20.8 Å². The van der Waals surface area contributed by atoms with Crippen LogP contribution in [0.25, 0.3) is 0 Å². The van der Waals surface area contributed by atoms with Gasteiger partial charge in [-0.15, -0.1) is 0 Å². The van der Waals surface area contributed by atoms with E-state index in [4.69, 9.17) is 18.9 Å². The lowest BCUT2D eigenvalue weighted by molar-refractivity contribution is -0.163. The van der Waals surface area contributed by atoms with Crippen molar-refractivity contribution >= 4 is 11.8 Å². The maximum atomic E-state index is 15.2. The molecule has 6 rings (SSSR count). The summed E-state index contributed by atoms with van der Waals surface area (Å²) in [6, 6.07) is 19.2. The fraction of sp³-hybridized carbons (Fsp3) is 0.444. The first-order valence-electron chi connectivity index (χ1n) is 15.9. The third-order valence-electron chi connectivity index (χ3n) is 10.2. The van der Waals surface area contributed by atoms with E-state index in [0.717, 1.165) is 0 Å². The summed E-state index contributed by atoms with van der Waals surface area (Å²) in [5, 5.41) is 39.2. The molecule has 2 amide bonds. The Kier molecular flexibility index (Phi) is 8.36. The number of nitrogens with zero attached hydrogens (tertiary/aromatic N) is 1. The van der Waals surface area contributed by atoms with Crippen LogP contribution in [0, 0.1) is 5.92 Å². The number of amides is 2. The molecular weight excluding hydrogens is 604 g/mol.